The summed E-state index contributed by atoms with van der Waals surface area (Å²) in [5, 5.41) is 7.28. The van der Waals surface area contributed by atoms with E-state index in [0.717, 1.165) is 44.4 Å². The van der Waals surface area contributed by atoms with Gasteiger partial charge in [0, 0.05) is 37.9 Å². The Kier molecular flexibility index (Phi) is 6.24. The second-order valence-corrected chi connectivity index (χ2v) is 11.1. The third-order valence-corrected chi connectivity index (χ3v) is 9.33. The fourth-order valence-electron chi connectivity index (χ4n) is 5.71. The van der Waals surface area contributed by atoms with E-state index in [9.17, 15) is 8.42 Å². The third kappa shape index (κ3) is 3.80. The number of benzene rings is 1. The molecule has 2 aliphatic heterocycles. The fourth-order valence-corrected chi connectivity index (χ4v) is 7.49. The van der Waals surface area contributed by atoms with Crippen LogP contribution in [0, 0.1) is 24.7 Å². The van der Waals surface area contributed by atoms with Gasteiger partial charge >= 0.3 is 0 Å². The number of hydrazone groups is 1. The zero-order valence-corrected chi connectivity index (χ0v) is 19.4. The average Bonchev–Trinajstić information content (AvgIpc) is 3.39. The van der Waals surface area contributed by atoms with Crippen LogP contribution in [0.2, 0.25) is 0 Å². The third-order valence-electron chi connectivity index (χ3n) is 7.43. The predicted molar refractivity (Wildman–Crippen MR) is 119 cm³/mol. The largest absolute Gasteiger partial charge is 0.382 e. The molecule has 1 aromatic rings. The molecule has 0 radical (unpaired) electrons. The van der Waals surface area contributed by atoms with E-state index in [-0.39, 0.29) is 6.04 Å². The van der Waals surface area contributed by atoms with Crippen LogP contribution in [-0.2, 0) is 14.8 Å². The molecule has 1 saturated carbocycles. The van der Waals surface area contributed by atoms with Gasteiger partial charge in [-0.15, -0.1) is 0 Å². The predicted octanol–water partition coefficient (Wildman–Crippen LogP) is 3.52. The van der Waals surface area contributed by atoms with Crippen molar-refractivity contribution in [1.29, 1.82) is 0 Å². The van der Waals surface area contributed by atoms with E-state index >= 15 is 0 Å². The van der Waals surface area contributed by atoms with Crippen molar-refractivity contribution >= 4 is 15.7 Å². The van der Waals surface area contributed by atoms with E-state index in [1.807, 2.05) is 19.1 Å². The van der Waals surface area contributed by atoms with Crippen molar-refractivity contribution in [3.63, 3.8) is 0 Å². The van der Waals surface area contributed by atoms with Crippen LogP contribution in [0.15, 0.2) is 34.3 Å². The Bertz CT molecular complexity index is 883. The summed E-state index contributed by atoms with van der Waals surface area (Å²) in [4.78, 5) is 0.410. The summed E-state index contributed by atoms with van der Waals surface area (Å²) in [5.74, 6) is 1.01. The Morgan fingerprint density at radius 3 is 2.60 bits per heavy atom. The van der Waals surface area contributed by atoms with Crippen molar-refractivity contribution in [3.8, 4) is 0 Å². The van der Waals surface area contributed by atoms with E-state index in [1.54, 1.807) is 23.5 Å². The van der Waals surface area contributed by atoms with Crippen LogP contribution >= 0.6 is 0 Å². The molecule has 1 aromatic carbocycles. The Morgan fingerprint density at radius 2 is 1.93 bits per heavy atom. The zero-order valence-electron chi connectivity index (χ0n) is 18.6. The van der Waals surface area contributed by atoms with E-state index < -0.39 is 10.0 Å². The highest BCUT2D eigenvalue weighted by atomic mass is 32.2. The maximum absolute atomic E-state index is 13.4. The Balaban J connectivity index is 1.55. The average molecular weight is 434 g/mol. The number of methoxy groups -OCH3 is 1. The van der Waals surface area contributed by atoms with Crippen molar-refractivity contribution < 1.29 is 13.2 Å². The first-order valence-corrected chi connectivity index (χ1v) is 12.7. The number of rotatable bonds is 6. The van der Waals surface area contributed by atoms with Crippen molar-refractivity contribution in [3.05, 3.63) is 29.8 Å². The number of fused-ring (bicyclic) bond motifs is 1. The second-order valence-electron chi connectivity index (χ2n) is 9.19. The standard InChI is InChI=1S/C23H35N3O3S/c1-5-23-20-13-22(24-25-12-6-7-18(25)15-29-4)17(3)21(20)14-26(23)30(27,28)19-10-8-16(2)9-11-19/h8-11,17-18,20-21,23H,5-7,12-15H2,1-4H3/b24-22+/t17-,18+,20-,21+,23+/m1/s1. The summed E-state index contributed by atoms with van der Waals surface area (Å²) in [7, 11) is -1.72. The van der Waals surface area contributed by atoms with Crippen LogP contribution in [-0.4, -0.2) is 62.3 Å². The lowest BCUT2D eigenvalue weighted by Gasteiger charge is -2.27. The zero-order chi connectivity index (χ0) is 21.5. The molecule has 2 heterocycles. The molecular weight excluding hydrogens is 398 g/mol. The molecule has 30 heavy (non-hydrogen) atoms. The molecule has 3 fully saturated rings. The van der Waals surface area contributed by atoms with Crippen LogP contribution in [0.4, 0.5) is 0 Å². The Hall–Kier alpha value is -1.44. The molecule has 0 N–H and O–H groups in total. The molecule has 0 amide bonds. The first kappa shape index (κ1) is 21.8. The number of ether oxygens (including phenoxy) is 1. The topological polar surface area (TPSA) is 62.2 Å². The smallest absolute Gasteiger partial charge is 0.243 e. The molecule has 0 bridgehead atoms. The lowest BCUT2D eigenvalue weighted by Crippen LogP contribution is -2.38. The molecule has 0 aromatic heterocycles. The van der Waals surface area contributed by atoms with Crippen LogP contribution in [0.1, 0.15) is 45.1 Å². The Labute approximate surface area is 181 Å². The van der Waals surface area contributed by atoms with Gasteiger partial charge in [-0.2, -0.15) is 9.41 Å². The summed E-state index contributed by atoms with van der Waals surface area (Å²) in [5.41, 5.74) is 2.32. The minimum absolute atomic E-state index is 0.0461. The maximum atomic E-state index is 13.4. The van der Waals surface area contributed by atoms with Gasteiger partial charge in [-0.25, -0.2) is 8.42 Å². The van der Waals surface area contributed by atoms with E-state index in [0.29, 0.717) is 35.2 Å². The van der Waals surface area contributed by atoms with Gasteiger partial charge in [-0.05, 0) is 56.6 Å². The number of aryl methyl sites for hydroxylation is 1. The first-order valence-electron chi connectivity index (χ1n) is 11.3. The SMILES string of the molecule is CC[C@H]1[C@@H]2C/C(=N\N3CCC[C@H]3COC)[C@H](C)[C@@H]2CN1S(=O)(=O)c1ccc(C)cc1. The molecule has 7 heteroatoms. The monoisotopic (exact) mass is 433 g/mol. The Morgan fingerprint density at radius 1 is 1.20 bits per heavy atom. The van der Waals surface area contributed by atoms with Gasteiger partial charge in [0.25, 0.3) is 0 Å². The number of nitrogens with zero attached hydrogens (tertiary/aromatic N) is 3. The molecular formula is C23H35N3O3S. The van der Waals surface area contributed by atoms with Gasteiger partial charge in [0.2, 0.25) is 10.0 Å². The quantitative estimate of drug-likeness (QED) is 0.689. The number of sulfonamides is 1. The summed E-state index contributed by atoms with van der Waals surface area (Å²) in [6.45, 7) is 8.63. The second kappa shape index (κ2) is 8.60. The van der Waals surface area contributed by atoms with Crippen LogP contribution < -0.4 is 0 Å². The maximum Gasteiger partial charge on any atom is 0.243 e. The minimum atomic E-state index is -3.47. The van der Waals surface area contributed by atoms with E-state index in [4.69, 9.17) is 9.84 Å². The highest BCUT2D eigenvalue weighted by Gasteiger charge is 2.53. The first-order chi connectivity index (χ1) is 14.4. The van der Waals surface area contributed by atoms with Gasteiger partial charge in [-0.3, -0.25) is 5.01 Å². The van der Waals surface area contributed by atoms with Crippen LogP contribution in [0.5, 0.6) is 0 Å². The normalized spacial score (nSPS) is 33.5. The van der Waals surface area contributed by atoms with Crippen LogP contribution in [0.25, 0.3) is 0 Å². The van der Waals surface area contributed by atoms with E-state index in [2.05, 4.69) is 18.9 Å². The van der Waals surface area contributed by atoms with Gasteiger partial charge < -0.3 is 4.74 Å². The molecule has 0 spiro atoms. The molecule has 6 nitrogen and oxygen atoms in total. The van der Waals surface area contributed by atoms with Crippen molar-refractivity contribution in [2.24, 2.45) is 22.9 Å². The summed E-state index contributed by atoms with van der Waals surface area (Å²) < 4.78 is 34.0. The molecule has 3 aliphatic rings. The van der Waals surface area contributed by atoms with Gasteiger partial charge in [0.05, 0.1) is 17.5 Å². The summed E-state index contributed by atoms with van der Waals surface area (Å²) in [6, 6.07) is 7.66. The van der Waals surface area contributed by atoms with E-state index in [1.165, 1.54) is 5.71 Å². The highest BCUT2D eigenvalue weighted by molar-refractivity contribution is 7.89. The summed E-state index contributed by atoms with van der Waals surface area (Å²) >= 11 is 0. The van der Waals surface area contributed by atoms with Gasteiger partial charge in [-0.1, -0.05) is 31.5 Å². The minimum Gasteiger partial charge on any atom is -0.382 e. The van der Waals surface area contributed by atoms with Gasteiger partial charge in [0.1, 0.15) is 0 Å². The molecule has 4 rings (SSSR count). The van der Waals surface area contributed by atoms with Crippen molar-refractivity contribution in [2.75, 3.05) is 26.8 Å². The number of hydrogen-bond acceptors (Lipinski definition) is 5. The molecule has 5 atom stereocenters. The highest BCUT2D eigenvalue weighted by Crippen LogP contribution is 2.47. The lowest BCUT2D eigenvalue weighted by atomic mass is 9.89. The molecule has 1 aliphatic carbocycles. The number of hydrogen-bond donors (Lipinski definition) is 0. The van der Waals surface area contributed by atoms with Crippen molar-refractivity contribution in [1.82, 2.24) is 9.31 Å². The van der Waals surface area contributed by atoms with Gasteiger partial charge in [0.15, 0.2) is 0 Å². The van der Waals surface area contributed by atoms with Crippen LogP contribution in [0.3, 0.4) is 0 Å². The molecule has 0 unspecified atom stereocenters. The fraction of sp³-hybridized carbons (Fsp3) is 0.696. The molecule has 2 saturated heterocycles. The molecule has 166 valence electrons. The lowest BCUT2D eigenvalue weighted by molar-refractivity contribution is 0.117. The summed E-state index contributed by atoms with van der Waals surface area (Å²) in [6.07, 6.45) is 4.03. The van der Waals surface area contributed by atoms with Crippen molar-refractivity contribution in [2.45, 2.75) is 63.4 Å².